The Morgan fingerprint density at radius 2 is 1.84 bits per heavy atom. The minimum absolute atomic E-state index is 0.687. The molecule has 1 nitrogen and oxygen atoms in total. The van der Waals surface area contributed by atoms with E-state index >= 15 is 0 Å². The molecule has 2 aliphatic rings. The van der Waals surface area contributed by atoms with Gasteiger partial charge in [-0.25, -0.2) is 0 Å². The number of halogens is 1. The van der Waals surface area contributed by atoms with Crippen molar-refractivity contribution in [3.05, 3.63) is 28.2 Å². The third-order valence-electron chi connectivity index (χ3n) is 5.10. The highest BCUT2D eigenvalue weighted by Gasteiger charge is 2.32. The van der Waals surface area contributed by atoms with Gasteiger partial charge in [-0.05, 0) is 55.7 Å². The summed E-state index contributed by atoms with van der Waals surface area (Å²) < 4.78 is 1.17. The third-order valence-corrected chi connectivity index (χ3v) is 5.59. The molecule has 1 aromatic rings. The summed E-state index contributed by atoms with van der Waals surface area (Å²) in [6, 6.07) is 7.23. The molecule has 0 saturated heterocycles. The quantitative estimate of drug-likeness (QED) is 0.755. The molecule has 1 aromatic carbocycles. The van der Waals surface area contributed by atoms with E-state index in [1.54, 1.807) is 0 Å². The van der Waals surface area contributed by atoms with Gasteiger partial charge in [-0.2, -0.15) is 0 Å². The minimum atomic E-state index is 0.687. The van der Waals surface area contributed by atoms with Gasteiger partial charge < -0.3 is 5.32 Å². The number of nitrogens with one attached hydrogen (secondary N) is 1. The highest BCUT2D eigenvalue weighted by Crippen LogP contribution is 2.41. The van der Waals surface area contributed by atoms with E-state index in [1.165, 1.54) is 60.7 Å². The fraction of sp³-hybridized carbons (Fsp3) is 0.647. The predicted molar refractivity (Wildman–Crippen MR) is 85.6 cm³/mol. The van der Waals surface area contributed by atoms with Gasteiger partial charge in [-0.3, -0.25) is 0 Å². The van der Waals surface area contributed by atoms with Crippen LogP contribution in [0.5, 0.6) is 0 Å². The Kier molecular flexibility index (Phi) is 4.16. The van der Waals surface area contributed by atoms with Gasteiger partial charge in [-0.1, -0.05) is 47.7 Å². The van der Waals surface area contributed by atoms with Gasteiger partial charge in [0.2, 0.25) is 0 Å². The van der Waals surface area contributed by atoms with Crippen molar-refractivity contribution in [2.45, 2.75) is 57.9 Å². The lowest BCUT2D eigenvalue weighted by Gasteiger charge is -2.40. The van der Waals surface area contributed by atoms with Crippen molar-refractivity contribution >= 4 is 21.6 Å². The predicted octanol–water partition coefficient (Wildman–Crippen LogP) is 5.53. The van der Waals surface area contributed by atoms with Crippen molar-refractivity contribution in [3.63, 3.8) is 0 Å². The van der Waals surface area contributed by atoms with Gasteiger partial charge in [0.05, 0.1) is 0 Å². The number of hydrogen-bond donors (Lipinski definition) is 1. The SMILES string of the molecule is Cc1ccc(Br)cc1NC1CCC2CCCCC2C1. The fourth-order valence-electron chi connectivity index (χ4n) is 3.97. The first kappa shape index (κ1) is 13.5. The third kappa shape index (κ3) is 3.16. The average Bonchev–Trinajstić information content (AvgIpc) is 2.43. The highest BCUT2D eigenvalue weighted by molar-refractivity contribution is 9.10. The lowest BCUT2D eigenvalue weighted by atomic mass is 9.69. The molecule has 0 amide bonds. The Hall–Kier alpha value is -0.500. The largest absolute Gasteiger partial charge is 0.382 e. The standard InChI is InChI=1S/C17H24BrN/c1-12-6-8-15(18)11-17(12)19-16-9-7-13-4-2-3-5-14(13)10-16/h6,8,11,13-14,16,19H,2-5,7,9-10H2,1H3. The van der Waals surface area contributed by atoms with Crippen LogP contribution in [0.1, 0.15) is 50.5 Å². The minimum Gasteiger partial charge on any atom is -0.382 e. The molecule has 0 radical (unpaired) electrons. The maximum atomic E-state index is 3.79. The van der Waals surface area contributed by atoms with Crippen LogP contribution in [0.15, 0.2) is 22.7 Å². The van der Waals surface area contributed by atoms with Crippen LogP contribution in [0.3, 0.4) is 0 Å². The maximum absolute atomic E-state index is 3.79. The number of anilines is 1. The Morgan fingerprint density at radius 1 is 1.05 bits per heavy atom. The van der Waals surface area contributed by atoms with E-state index < -0.39 is 0 Å². The first-order chi connectivity index (χ1) is 9.22. The number of hydrogen-bond acceptors (Lipinski definition) is 1. The van der Waals surface area contributed by atoms with E-state index in [4.69, 9.17) is 0 Å². The van der Waals surface area contributed by atoms with Crippen LogP contribution < -0.4 is 5.32 Å². The molecule has 2 heteroatoms. The molecule has 0 aromatic heterocycles. The Labute approximate surface area is 125 Å². The first-order valence-electron chi connectivity index (χ1n) is 7.75. The zero-order chi connectivity index (χ0) is 13.2. The molecule has 0 bridgehead atoms. The van der Waals surface area contributed by atoms with Crippen LogP contribution in [0, 0.1) is 18.8 Å². The van der Waals surface area contributed by atoms with Crippen molar-refractivity contribution < 1.29 is 0 Å². The summed E-state index contributed by atoms with van der Waals surface area (Å²) in [4.78, 5) is 0. The summed E-state index contributed by atoms with van der Waals surface area (Å²) in [5.74, 6) is 2.03. The topological polar surface area (TPSA) is 12.0 Å². The molecule has 2 aliphatic carbocycles. The second-order valence-electron chi connectivity index (χ2n) is 6.42. The molecule has 104 valence electrons. The van der Waals surface area contributed by atoms with E-state index in [2.05, 4.69) is 46.4 Å². The summed E-state index contributed by atoms with van der Waals surface area (Å²) in [5.41, 5.74) is 2.67. The zero-order valence-electron chi connectivity index (χ0n) is 11.8. The van der Waals surface area contributed by atoms with Gasteiger partial charge in [0.1, 0.15) is 0 Å². The van der Waals surface area contributed by atoms with Gasteiger partial charge in [0, 0.05) is 16.2 Å². The number of fused-ring (bicyclic) bond motifs is 1. The molecule has 0 heterocycles. The van der Waals surface area contributed by atoms with Crippen LogP contribution in [-0.4, -0.2) is 6.04 Å². The summed E-state index contributed by atoms with van der Waals surface area (Å²) in [6.07, 6.45) is 10.1. The van der Waals surface area contributed by atoms with Gasteiger partial charge in [0.15, 0.2) is 0 Å². The zero-order valence-corrected chi connectivity index (χ0v) is 13.4. The average molecular weight is 322 g/mol. The molecule has 0 spiro atoms. The second-order valence-corrected chi connectivity index (χ2v) is 7.33. The first-order valence-corrected chi connectivity index (χ1v) is 8.54. The van der Waals surface area contributed by atoms with Crippen molar-refractivity contribution in [1.82, 2.24) is 0 Å². The highest BCUT2D eigenvalue weighted by atomic mass is 79.9. The summed E-state index contributed by atoms with van der Waals surface area (Å²) in [6.45, 7) is 2.20. The molecule has 1 N–H and O–H groups in total. The summed E-state index contributed by atoms with van der Waals surface area (Å²) >= 11 is 3.58. The molecule has 19 heavy (non-hydrogen) atoms. The van der Waals surface area contributed by atoms with Crippen molar-refractivity contribution in [2.75, 3.05) is 5.32 Å². The molecule has 2 fully saturated rings. The summed E-state index contributed by atoms with van der Waals surface area (Å²) in [7, 11) is 0. The van der Waals surface area contributed by atoms with Crippen LogP contribution in [0.2, 0.25) is 0 Å². The van der Waals surface area contributed by atoms with E-state index in [0.29, 0.717) is 6.04 Å². The molecule has 0 aliphatic heterocycles. The van der Waals surface area contributed by atoms with Crippen LogP contribution >= 0.6 is 15.9 Å². The Bertz CT molecular complexity index is 443. The van der Waals surface area contributed by atoms with Gasteiger partial charge >= 0.3 is 0 Å². The van der Waals surface area contributed by atoms with E-state index in [1.807, 2.05) is 0 Å². The van der Waals surface area contributed by atoms with Gasteiger partial charge in [-0.15, -0.1) is 0 Å². The molecule has 3 rings (SSSR count). The maximum Gasteiger partial charge on any atom is 0.0383 e. The lowest BCUT2D eigenvalue weighted by molar-refractivity contribution is 0.162. The normalized spacial score (nSPS) is 30.7. The second kappa shape index (κ2) is 5.87. The molecule has 3 atom stereocenters. The van der Waals surface area contributed by atoms with Crippen LogP contribution in [0.25, 0.3) is 0 Å². The monoisotopic (exact) mass is 321 g/mol. The molecular formula is C17H24BrN. The molecule has 2 saturated carbocycles. The number of aryl methyl sites for hydroxylation is 1. The number of benzene rings is 1. The van der Waals surface area contributed by atoms with Crippen molar-refractivity contribution in [3.8, 4) is 0 Å². The van der Waals surface area contributed by atoms with Crippen LogP contribution in [-0.2, 0) is 0 Å². The van der Waals surface area contributed by atoms with E-state index in [-0.39, 0.29) is 0 Å². The van der Waals surface area contributed by atoms with Gasteiger partial charge in [0.25, 0.3) is 0 Å². The lowest BCUT2D eigenvalue weighted by Crippen LogP contribution is -2.34. The Morgan fingerprint density at radius 3 is 2.68 bits per heavy atom. The fourth-order valence-corrected chi connectivity index (χ4v) is 4.34. The molecule has 3 unspecified atom stereocenters. The number of rotatable bonds is 2. The van der Waals surface area contributed by atoms with Crippen molar-refractivity contribution in [2.24, 2.45) is 11.8 Å². The van der Waals surface area contributed by atoms with Crippen LogP contribution in [0.4, 0.5) is 5.69 Å². The Balaban J connectivity index is 1.65. The van der Waals surface area contributed by atoms with Crippen molar-refractivity contribution in [1.29, 1.82) is 0 Å². The van der Waals surface area contributed by atoms with E-state index in [0.717, 1.165) is 11.8 Å². The van der Waals surface area contributed by atoms with E-state index in [9.17, 15) is 0 Å². The molecular weight excluding hydrogens is 298 g/mol. The smallest absolute Gasteiger partial charge is 0.0383 e. The summed E-state index contributed by atoms with van der Waals surface area (Å²) in [5, 5.41) is 3.79.